The molecule has 5 nitrogen and oxygen atoms in total. The first-order valence-corrected chi connectivity index (χ1v) is 9.66. The van der Waals surface area contributed by atoms with E-state index in [1.807, 2.05) is 43.9 Å². The molecule has 0 bridgehead atoms. The molecule has 6 heteroatoms. The van der Waals surface area contributed by atoms with Crippen molar-refractivity contribution in [1.29, 1.82) is 0 Å². The maximum Gasteiger partial charge on any atom is 0.248 e. The average molecular weight is 400 g/mol. The number of aryl methyl sites for hydroxylation is 1. The van der Waals surface area contributed by atoms with E-state index in [0.29, 0.717) is 17.3 Å². The van der Waals surface area contributed by atoms with Crippen molar-refractivity contribution in [2.45, 2.75) is 20.8 Å². The van der Waals surface area contributed by atoms with Gasteiger partial charge in [0.15, 0.2) is 0 Å². The topological polar surface area (TPSA) is 61.4 Å². The van der Waals surface area contributed by atoms with Gasteiger partial charge < -0.3 is 10.6 Å². The monoisotopic (exact) mass is 399 g/mol. The zero-order valence-electron chi connectivity index (χ0n) is 16.5. The smallest absolute Gasteiger partial charge is 0.248 e. The van der Waals surface area contributed by atoms with Gasteiger partial charge in [-0.2, -0.15) is 0 Å². The lowest BCUT2D eigenvalue weighted by Crippen LogP contribution is -2.33. The first-order chi connectivity index (χ1) is 13.4. The van der Waals surface area contributed by atoms with E-state index < -0.39 is 0 Å². The summed E-state index contributed by atoms with van der Waals surface area (Å²) in [6.45, 7) is 7.98. The molecule has 0 aliphatic heterocycles. The van der Waals surface area contributed by atoms with Gasteiger partial charge in [0.2, 0.25) is 11.8 Å². The van der Waals surface area contributed by atoms with Crippen LogP contribution >= 0.6 is 11.6 Å². The SMILES string of the molecule is CCN(CC)CC(=O)Nc1ccc(NC(=O)/C=C/c2ccc(Cl)cc2)cc1C. The Hall–Kier alpha value is -2.63. The molecule has 2 aromatic carbocycles. The number of carbonyl (C=O) groups is 2. The van der Waals surface area contributed by atoms with E-state index in [9.17, 15) is 9.59 Å². The highest BCUT2D eigenvalue weighted by Crippen LogP contribution is 2.20. The Bertz CT molecular complexity index is 843. The summed E-state index contributed by atoms with van der Waals surface area (Å²) in [7, 11) is 0. The summed E-state index contributed by atoms with van der Waals surface area (Å²) in [5.74, 6) is -0.276. The normalized spacial score (nSPS) is 11.0. The Morgan fingerprint density at radius 2 is 1.71 bits per heavy atom. The second-order valence-corrected chi connectivity index (χ2v) is 6.85. The van der Waals surface area contributed by atoms with Crippen LogP contribution in [0.2, 0.25) is 5.02 Å². The van der Waals surface area contributed by atoms with Crippen molar-refractivity contribution >= 4 is 40.9 Å². The van der Waals surface area contributed by atoms with E-state index in [0.717, 1.165) is 29.9 Å². The number of benzene rings is 2. The number of hydrogen-bond donors (Lipinski definition) is 2. The van der Waals surface area contributed by atoms with Gasteiger partial charge >= 0.3 is 0 Å². The molecular formula is C22H26ClN3O2. The first kappa shape index (κ1) is 21.7. The molecule has 0 atom stereocenters. The van der Waals surface area contributed by atoms with Gasteiger partial charge in [-0.25, -0.2) is 0 Å². The zero-order chi connectivity index (χ0) is 20.5. The number of nitrogens with zero attached hydrogens (tertiary/aromatic N) is 1. The van der Waals surface area contributed by atoms with Crippen LogP contribution in [0.15, 0.2) is 48.5 Å². The summed E-state index contributed by atoms with van der Waals surface area (Å²) in [5, 5.41) is 6.40. The number of carbonyl (C=O) groups excluding carboxylic acids is 2. The van der Waals surface area contributed by atoms with Crippen LogP contribution < -0.4 is 10.6 Å². The summed E-state index contributed by atoms with van der Waals surface area (Å²) in [6.07, 6.45) is 3.19. The Balaban J connectivity index is 1.94. The molecular weight excluding hydrogens is 374 g/mol. The summed E-state index contributed by atoms with van der Waals surface area (Å²) in [6, 6.07) is 12.6. The van der Waals surface area contributed by atoms with Crippen LogP contribution in [0.3, 0.4) is 0 Å². The maximum atomic E-state index is 12.2. The molecule has 2 amide bonds. The van der Waals surface area contributed by atoms with Gasteiger partial charge in [-0.1, -0.05) is 37.6 Å². The Morgan fingerprint density at radius 3 is 2.32 bits per heavy atom. The fourth-order valence-corrected chi connectivity index (χ4v) is 2.78. The number of likely N-dealkylation sites (N-methyl/N-ethyl adjacent to an activating group) is 1. The predicted molar refractivity (Wildman–Crippen MR) is 117 cm³/mol. The van der Waals surface area contributed by atoms with E-state index in [2.05, 4.69) is 10.6 Å². The summed E-state index contributed by atoms with van der Waals surface area (Å²) in [5.41, 5.74) is 3.19. The van der Waals surface area contributed by atoms with Gasteiger partial charge in [-0.05, 0) is 67.5 Å². The van der Waals surface area contributed by atoms with Crippen LogP contribution in [-0.4, -0.2) is 36.3 Å². The molecule has 0 aromatic heterocycles. The van der Waals surface area contributed by atoms with Gasteiger partial charge in [0, 0.05) is 22.5 Å². The van der Waals surface area contributed by atoms with Crippen molar-refractivity contribution < 1.29 is 9.59 Å². The van der Waals surface area contributed by atoms with Crippen LogP contribution in [0.25, 0.3) is 6.08 Å². The number of amides is 2. The van der Waals surface area contributed by atoms with E-state index >= 15 is 0 Å². The first-order valence-electron chi connectivity index (χ1n) is 9.28. The minimum Gasteiger partial charge on any atom is -0.325 e. The number of hydrogen-bond acceptors (Lipinski definition) is 3. The predicted octanol–water partition coefficient (Wildman–Crippen LogP) is 4.58. The van der Waals surface area contributed by atoms with E-state index in [-0.39, 0.29) is 11.8 Å². The Morgan fingerprint density at radius 1 is 1.04 bits per heavy atom. The lowest BCUT2D eigenvalue weighted by molar-refractivity contribution is -0.117. The lowest BCUT2D eigenvalue weighted by atomic mass is 10.1. The number of anilines is 2. The third-order valence-corrected chi connectivity index (χ3v) is 4.58. The van der Waals surface area contributed by atoms with Crippen molar-refractivity contribution in [2.24, 2.45) is 0 Å². The molecule has 0 aliphatic rings. The second kappa shape index (κ2) is 10.6. The van der Waals surface area contributed by atoms with Crippen molar-refractivity contribution in [3.63, 3.8) is 0 Å². The van der Waals surface area contributed by atoms with Crippen molar-refractivity contribution in [1.82, 2.24) is 4.90 Å². The Labute approximate surface area is 171 Å². The van der Waals surface area contributed by atoms with Gasteiger partial charge in [0.25, 0.3) is 0 Å². The molecule has 0 heterocycles. The fourth-order valence-electron chi connectivity index (χ4n) is 2.65. The highest BCUT2D eigenvalue weighted by molar-refractivity contribution is 6.30. The van der Waals surface area contributed by atoms with E-state index in [1.165, 1.54) is 6.08 Å². The highest BCUT2D eigenvalue weighted by atomic mass is 35.5. The summed E-state index contributed by atoms with van der Waals surface area (Å²) >= 11 is 5.85. The minimum absolute atomic E-state index is 0.0468. The van der Waals surface area contributed by atoms with Crippen LogP contribution in [0.1, 0.15) is 25.0 Å². The van der Waals surface area contributed by atoms with E-state index in [4.69, 9.17) is 11.6 Å². The molecule has 0 saturated carbocycles. The maximum absolute atomic E-state index is 12.2. The highest BCUT2D eigenvalue weighted by Gasteiger charge is 2.09. The van der Waals surface area contributed by atoms with Crippen LogP contribution in [0, 0.1) is 6.92 Å². The zero-order valence-corrected chi connectivity index (χ0v) is 17.2. The minimum atomic E-state index is -0.229. The van der Waals surface area contributed by atoms with Gasteiger partial charge in [-0.15, -0.1) is 0 Å². The van der Waals surface area contributed by atoms with Gasteiger partial charge in [0.1, 0.15) is 0 Å². The standard InChI is InChI=1S/C22H26ClN3O2/c1-4-26(5-2)15-22(28)25-20-12-11-19(14-16(20)3)24-21(27)13-8-17-6-9-18(23)10-7-17/h6-14H,4-5,15H2,1-3H3,(H,24,27)(H,25,28)/b13-8+. The van der Waals surface area contributed by atoms with Crippen molar-refractivity contribution in [2.75, 3.05) is 30.3 Å². The van der Waals surface area contributed by atoms with E-state index in [1.54, 1.807) is 30.3 Å². The number of halogens is 1. The second-order valence-electron chi connectivity index (χ2n) is 6.41. The summed E-state index contributed by atoms with van der Waals surface area (Å²) < 4.78 is 0. The number of nitrogens with one attached hydrogen (secondary N) is 2. The molecule has 0 spiro atoms. The Kier molecular flexibility index (Phi) is 8.23. The molecule has 2 N–H and O–H groups in total. The third kappa shape index (κ3) is 6.83. The molecule has 28 heavy (non-hydrogen) atoms. The molecule has 0 aliphatic carbocycles. The lowest BCUT2D eigenvalue weighted by Gasteiger charge is -2.18. The fraction of sp³-hybridized carbons (Fsp3) is 0.273. The molecule has 0 fully saturated rings. The van der Waals surface area contributed by atoms with Crippen LogP contribution in [0.5, 0.6) is 0 Å². The molecule has 2 aromatic rings. The van der Waals surface area contributed by atoms with Crippen molar-refractivity contribution in [3.8, 4) is 0 Å². The quantitative estimate of drug-likeness (QED) is 0.638. The molecule has 2 rings (SSSR count). The van der Waals surface area contributed by atoms with Crippen LogP contribution in [0.4, 0.5) is 11.4 Å². The van der Waals surface area contributed by atoms with Crippen molar-refractivity contribution in [3.05, 3.63) is 64.7 Å². The van der Waals surface area contributed by atoms with Gasteiger partial charge in [-0.3, -0.25) is 14.5 Å². The molecule has 0 radical (unpaired) electrons. The molecule has 0 saturated heterocycles. The molecule has 148 valence electrons. The summed E-state index contributed by atoms with van der Waals surface area (Å²) in [4.78, 5) is 26.3. The largest absolute Gasteiger partial charge is 0.325 e. The molecule has 0 unspecified atom stereocenters. The average Bonchev–Trinajstić information content (AvgIpc) is 2.68. The van der Waals surface area contributed by atoms with Gasteiger partial charge in [0.05, 0.1) is 6.54 Å². The third-order valence-electron chi connectivity index (χ3n) is 4.33. The van der Waals surface area contributed by atoms with Crippen LogP contribution in [-0.2, 0) is 9.59 Å². The number of rotatable bonds is 8.